The second kappa shape index (κ2) is 10.2. The molecular weight excluding hydrogens is 304 g/mol. The minimum Gasteiger partial charge on any atom is -0.469 e. The molecule has 0 spiro atoms. The van der Waals surface area contributed by atoms with E-state index >= 15 is 0 Å². The fourth-order valence-electron chi connectivity index (χ4n) is 1.95. The number of nitrogens with two attached hydrogens (primary N) is 1. The lowest BCUT2D eigenvalue weighted by molar-refractivity contribution is -0.140. The van der Waals surface area contributed by atoms with Crippen LogP contribution in [-0.4, -0.2) is 25.0 Å². The predicted molar refractivity (Wildman–Crippen MR) is 90.1 cm³/mol. The van der Waals surface area contributed by atoms with Crippen LogP contribution >= 0.6 is 12.4 Å². The lowest BCUT2D eigenvalue weighted by atomic mass is 10.0. The third kappa shape index (κ3) is 7.43. The van der Waals surface area contributed by atoms with Crippen molar-refractivity contribution >= 4 is 30.0 Å². The van der Waals surface area contributed by atoms with E-state index in [0.717, 1.165) is 5.56 Å². The number of nitrogens with one attached hydrogen (secondary N) is 1. The zero-order valence-corrected chi connectivity index (χ0v) is 14.1. The zero-order chi connectivity index (χ0) is 15.8. The van der Waals surface area contributed by atoms with Crippen molar-refractivity contribution in [2.45, 2.75) is 39.2 Å². The van der Waals surface area contributed by atoms with Gasteiger partial charge >= 0.3 is 5.97 Å². The number of rotatable bonds is 7. The van der Waals surface area contributed by atoms with Gasteiger partial charge in [0.1, 0.15) is 0 Å². The monoisotopic (exact) mass is 328 g/mol. The Bertz CT molecular complexity index is 475. The first-order chi connectivity index (χ1) is 9.92. The molecule has 0 saturated heterocycles. The summed E-state index contributed by atoms with van der Waals surface area (Å²) < 4.78 is 4.60. The molecular formula is C16H25ClN2O3. The first-order valence-corrected chi connectivity index (χ1v) is 7.14. The molecule has 22 heavy (non-hydrogen) atoms. The maximum Gasteiger partial charge on any atom is 0.305 e. The number of carbonyl (C=O) groups is 2. The summed E-state index contributed by atoms with van der Waals surface area (Å²) in [6.07, 6.45) is 1.62. The third-order valence-corrected chi connectivity index (χ3v) is 3.13. The second-order valence-electron chi connectivity index (χ2n) is 5.50. The SMILES string of the molecule is COC(=O)CCc1ccc(NC(=O)[C@@H](N)CC(C)C)cc1.Cl. The van der Waals surface area contributed by atoms with E-state index in [1.807, 2.05) is 38.1 Å². The van der Waals surface area contributed by atoms with Gasteiger partial charge in [0, 0.05) is 12.1 Å². The number of anilines is 1. The number of hydrogen-bond donors (Lipinski definition) is 2. The van der Waals surface area contributed by atoms with E-state index in [2.05, 4.69) is 10.1 Å². The van der Waals surface area contributed by atoms with Crippen molar-refractivity contribution in [3.8, 4) is 0 Å². The van der Waals surface area contributed by atoms with Gasteiger partial charge < -0.3 is 15.8 Å². The maximum absolute atomic E-state index is 11.9. The maximum atomic E-state index is 11.9. The number of carbonyl (C=O) groups excluding carboxylic acids is 2. The van der Waals surface area contributed by atoms with Gasteiger partial charge in [-0.2, -0.15) is 0 Å². The van der Waals surface area contributed by atoms with Crippen molar-refractivity contribution < 1.29 is 14.3 Å². The van der Waals surface area contributed by atoms with Gasteiger partial charge in [0.25, 0.3) is 0 Å². The Hall–Kier alpha value is -1.59. The highest BCUT2D eigenvalue weighted by Gasteiger charge is 2.14. The van der Waals surface area contributed by atoms with E-state index in [1.165, 1.54) is 7.11 Å². The van der Waals surface area contributed by atoms with Gasteiger partial charge in [0.05, 0.1) is 13.2 Å². The van der Waals surface area contributed by atoms with Crippen LogP contribution in [0.3, 0.4) is 0 Å². The van der Waals surface area contributed by atoms with Crippen molar-refractivity contribution in [1.29, 1.82) is 0 Å². The number of ether oxygens (including phenoxy) is 1. The van der Waals surface area contributed by atoms with Crippen LogP contribution in [0.1, 0.15) is 32.3 Å². The molecule has 1 aromatic carbocycles. The minimum absolute atomic E-state index is 0. The summed E-state index contributed by atoms with van der Waals surface area (Å²) in [5.41, 5.74) is 7.56. The molecule has 124 valence electrons. The molecule has 1 rings (SSSR count). The number of methoxy groups -OCH3 is 1. The lowest BCUT2D eigenvalue weighted by Crippen LogP contribution is -2.36. The molecule has 1 amide bonds. The zero-order valence-electron chi connectivity index (χ0n) is 13.3. The van der Waals surface area contributed by atoms with Gasteiger partial charge in [-0.1, -0.05) is 26.0 Å². The summed E-state index contributed by atoms with van der Waals surface area (Å²) in [6, 6.07) is 6.89. The highest BCUT2D eigenvalue weighted by atomic mass is 35.5. The smallest absolute Gasteiger partial charge is 0.305 e. The number of benzene rings is 1. The van der Waals surface area contributed by atoms with E-state index in [1.54, 1.807) is 0 Å². The van der Waals surface area contributed by atoms with Gasteiger partial charge in [-0.05, 0) is 36.5 Å². The van der Waals surface area contributed by atoms with Crippen LogP contribution in [0, 0.1) is 5.92 Å². The largest absolute Gasteiger partial charge is 0.469 e. The van der Waals surface area contributed by atoms with E-state index in [0.29, 0.717) is 30.9 Å². The number of amides is 1. The highest BCUT2D eigenvalue weighted by molar-refractivity contribution is 5.94. The van der Waals surface area contributed by atoms with E-state index in [4.69, 9.17) is 5.73 Å². The molecule has 0 aliphatic rings. The molecule has 0 heterocycles. The first-order valence-electron chi connectivity index (χ1n) is 7.14. The van der Waals surface area contributed by atoms with Crippen LogP contribution in [0.15, 0.2) is 24.3 Å². The van der Waals surface area contributed by atoms with Crippen molar-refractivity contribution in [2.75, 3.05) is 12.4 Å². The van der Waals surface area contributed by atoms with E-state index in [9.17, 15) is 9.59 Å². The summed E-state index contributed by atoms with van der Waals surface area (Å²) >= 11 is 0. The van der Waals surface area contributed by atoms with Gasteiger partial charge in [0.2, 0.25) is 5.91 Å². The van der Waals surface area contributed by atoms with Gasteiger partial charge in [-0.15, -0.1) is 12.4 Å². The quantitative estimate of drug-likeness (QED) is 0.754. The van der Waals surface area contributed by atoms with Crippen LogP contribution in [0.5, 0.6) is 0 Å². The van der Waals surface area contributed by atoms with Crippen LogP contribution in [-0.2, 0) is 20.7 Å². The molecule has 0 aromatic heterocycles. The molecule has 0 unspecified atom stereocenters. The molecule has 0 aliphatic heterocycles. The average molecular weight is 329 g/mol. The topological polar surface area (TPSA) is 81.4 Å². The van der Waals surface area contributed by atoms with Crippen LogP contribution < -0.4 is 11.1 Å². The molecule has 1 aromatic rings. The lowest BCUT2D eigenvalue weighted by Gasteiger charge is -2.14. The summed E-state index contributed by atoms with van der Waals surface area (Å²) in [5.74, 6) is -0.0236. The van der Waals surface area contributed by atoms with Gasteiger partial charge in [0.15, 0.2) is 0 Å². The second-order valence-corrected chi connectivity index (χ2v) is 5.50. The fourth-order valence-corrected chi connectivity index (χ4v) is 1.95. The van der Waals surface area contributed by atoms with Crippen LogP contribution in [0.2, 0.25) is 0 Å². The molecule has 0 radical (unpaired) electrons. The summed E-state index contributed by atoms with van der Waals surface area (Å²) in [5, 5.41) is 2.79. The Morgan fingerprint density at radius 3 is 2.32 bits per heavy atom. The molecule has 0 fully saturated rings. The van der Waals surface area contributed by atoms with Crippen molar-refractivity contribution in [1.82, 2.24) is 0 Å². The molecule has 0 bridgehead atoms. The molecule has 3 N–H and O–H groups in total. The van der Waals surface area contributed by atoms with Gasteiger partial charge in [-0.25, -0.2) is 0 Å². The number of esters is 1. The van der Waals surface area contributed by atoms with Crippen molar-refractivity contribution in [2.24, 2.45) is 11.7 Å². The van der Waals surface area contributed by atoms with Crippen molar-refractivity contribution in [3.63, 3.8) is 0 Å². The van der Waals surface area contributed by atoms with E-state index < -0.39 is 6.04 Å². The molecule has 0 aliphatic carbocycles. The Labute approximate surface area is 138 Å². The first kappa shape index (κ1) is 20.4. The number of halogens is 1. The third-order valence-electron chi connectivity index (χ3n) is 3.13. The van der Waals surface area contributed by atoms with Crippen molar-refractivity contribution in [3.05, 3.63) is 29.8 Å². The Morgan fingerprint density at radius 2 is 1.82 bits per heavy atom. The standard InChI is InChI=1S/C16H24N2O3.ClH/c1-11(2)10-14(17)16(20)18-13-7-4-12(5-8-13)6-9-15(19)21-3;/h4-5,7-8,11,14H,6,9-10,17H2,1-3H3,(H,18,20);1H/t14-;/m0./s1. The molecule has 6 heteroatoms. The van der Waals surface area contributed by atoms with Crippen LogP contribution in [0.25, 0.3) is 0 Å². The number of hydrogen-bond acceptors (Lipinski definition) is 4. The van der Waals surface area contributed by atoms with Crippen LogP contribution in [0.4, 0.5) is 5.69 Å². The molecule has 1 atom stereocenters. The average Bonchev–Trinajstić information content (AvgIpc) is 2.45. The normalized spacial score (nSPS) is 11.5. The highest BCUT2D eigenvalue weighted by Crippen LogP contribution is 2.12. The number of aryl methyl sites for hydroxylation is 1. The fraction of sp³-hybridized carbons (Fsp3) is 0.500. The Kier molecular flexibility index (Phi) is 9.45. The molecule has 0 saturated carbocycles. The summed E-state index contributed by atoms with van der Waals surface area (Å²) in [4.78, 5) is 23.0. The van der Waals surface area contributed by atoms with Gasteiger partial charge in [-0.3, -0.25) is 9.59 Å². The summed E-state index contributed by atoms with van der Waals surface area (Å²) in [7, 11) is 1.38. The molecule has 5 nitrogen and oxygen atoms in total. The Morgan fingerprint density at radius 1 is 1.23 bits per heavy atom. The predicted octanol–water partition coefficient (Wildman–Crippen LogP) is 2.53. The van der Waals surface area contributed by atoms with E-state index in [-0.39, 0.29) is 24.3 Å². The minimum atomic E-state index is -0.496. The summed E-state index contributed by atoms with van der Waals surface area (Å²) in [6.45, 7) is 4.06. The Balaban J connectivity index is 0.00000441.